The molecule has 0 bridgehead atoms. The summed E-state index contributed by atoms with van der Waals surface area (Å²) < 4.78 is 5.65. The van der Waals surface area contributed by atoms with Gasteiger partial charge in [-0.3, -0.25) is 4.79 Å². The van der Waals surface area contributed by atoms with Crippen molar-refractivity contribution >= 4 is 11.9 Å². The first kappa shape index (κ1) is 28.8. The van der Waals surface area contributed by atoms with Crippen LogP contribution in [0.4, 0.5) is 0 Å². The first-order chi connectivity index (χ1) is 18.1. The maximum Gasteiger partial charge on any atom is 0.334 e. The van der Waals surface area contributed by atoms with Gasteiger partial charge in [-0.25, -0.2) is 14.8 Å². The van der Waals surface area contributed by atoms with Crippen LogP contribution in [-0.4, -0.2) is 39.3 Å². The second-order valence-electron chi connectivity index (χ2n) is 10.3. The SMILES string of the molecule is CCCCCCCCc1cnc(-c2ccc(OC(=O)[C@@H]3CCCN3C(=O)CCCCCCC)cc2)nc1. The zero-order valence-corrected chi connectivity index (χ0v) is 22.9. The van der Waals surface area contributed by atoms with Gasteiger partial charge in [0.25, 0.3) is 0 Å². The summed E-state index contributed by atoms with van der Waals surface area (Å²) in [5.74, 6) is 0.867. The Bertz CT molecular complexity index is 943. The number of benzene rings is 1. The maximum absolute atomic E-state index is 12.9. The molecule has 0 saturated carbocycles. The number of aromatic nitrogens is 2. The minimum atomic E-state index is -0.481. The summed E-state index contributed by atoms with van der Waals surface area (Å²) in [5.41, 5.74) is 2.05. The third-order valence-electron chi connectivity index (χ3n) is 7.19. The van der Waals surface area contributed by atoms with Gasteiger partial charge in [0.05, 0.1) is 0 Å². The second kappa shape index (κ2) is 16.2. The predicted molar refractivity (Wildman–Crippen MR) is 148 cm³/mol. The zero-order chi connectivity index (χ0) is 26.3. The maximum atomic E-state index is 12.9. The van der Waals surface area contributed by atoms with Gasteiger partial charge in [-0.15, -0.1) is 0 Å². The number of unbranched alkanes of at least 4 members (excludes halogenated alkanes) is 9. The third kappa shape index (κ3) is 9.56. The minimum absolute atomic E-state index is 0.0726. The average molecular weight is 508 g/mol. The molecule has 0 spiro atoms. The Kier molecular flexibility index (Phi) is 12.6. The Morgan fingerprint density at radius 3 is 2.16 bits per heavy atom. The number of aryl methyl sites for hydroxylation is 1. The van der Waals surface area contributed by atoms with Crippen LogP contribution in [-0.2, 0) is 16.0 Å². The van der Waals surface area contributed by atoms with Crippen molar-refractivity contribution < 1.29 is 14.3 Å². The molecule has 0 unspecified atom stereocenters. The van der Waals surface area contributed by atoms with Crippen LogP contribution in [0.15, 0.2) is 36.7 Å². The summed E-state index contributed by atoms with van der Waals surface area (Å²) in [6.45, 7) is 5.06. The molecule has 0 N–H and O–H groups in total. The average Bonchev–Trinajstić information content (AvgIpc) is 3.42. The summed E-state index contributed by atoms with van der Waals surface area (Å²) in [5, 5.41) is 0. The van der Waals surface area contributed by atoms with Gasteiger partial charge in [0.15, 0.2) is 5.82 Å². The lowest BCUT2D eigenvalue weighted by Gasteiger charge is -2.23. The van der Waals surface area contributed by atoms with E-state index in [2.05, 4.69) is 23.8 Å². The van der Waals surface area contributed by atoms with Crippen LogP contribution >= 0.6 is 0 Å². The predicted octanol–water partition coefficient (Wildman–Crippen LogP) is 7.30. The summed E-state index contributed by atoms with van der Waals surface area (Å²) >= 11 is 0. The monoisotopic (exact) mass is 507 g/mol. The van der Waals surface area contributed by atoms with E-state index in [1.165, 1.54) is 63.4 Å². The first-order valence-corrected chi connectivity index (χ1v) is 14.5. The normalized spacial score (nSPS) is 15.2. The van der Waals surface area contributed by atoms with Crippen molar-refractivity contribution in [2.45, 2.75) is 116 Å². The van der Waals surface area contributed by atoms with Gasteiger partial charge in [-0.2, -0.15) is 0 Å². The highest BCUT2D eigenvalue weighted by atomic mass is 16.5. The molecule has 2 heterocycles. The van der Waals surface area contributed by atoms with Gasteiger partial charge in [0.1, 0.15) is 11.8 Å². The smallest absolute Gasteiger partial charge is 0.334 e. The molecular weight excluding hydrogens is 462 g/mol. The van der Waals surface area contributed by atoms with Crippen molar-refractivity contribution in [2.24, 2.45) is 0 Å². The molecule has 2 aromatic rings. The van der Waals surface area contributed by atoms with Gasteiger partial charge in [-0.05, 0) is 61.9 Å². The highest BCUT2D eigenvalue weighted by Gasteiger charge is 2.35. The molecule has 1 fully saturated rings. The van der Waals surface area contributed by atoms with Gasteiger partial charge in [0.2, 0.25) is 5.91 Å². The number of ether oxygens (including phenoxy) is 1. The lowest BCUT2D eigenvalue weighted by Crippen LogP contribution is -2.42. The van der Waals surface area contributed by atoms with Crippen LogP contribution in [0.25, 0.3) is 11.4 Å². The molecule has 1 aromatic heterocycles. The summed E-state index contributed by atoms with van der Waals surface area (Å²) in [6.07, 6.45) is 20.1. The number of rotatable bonds is 16. The Morgan fingerprint density at radius 2 is 1.49 bits per heavy atom. The molecule has 1 atom stereocenters. The van der Waals surface area contributed by atoms with Crippen LogP contribution in [0.3, 0.4) is 0 Å². The molecule has 202 valence electrons. The molecule has 0 aliphatic carbocycles. The Hall–Kier alpha value is -2.76. The highest BCUT2D eigenvalue weighted by molar-refractivity contribution is 5.86. The van der Waals surface area contributed by atoms with Crippen LogP contribution in [0, 0.1) is 0 Å². The number of hydrogen-bond acceptors (Lipinski definition) is 5. The number of amides is 1. The van der Waals surface area contributed by atoms with Crippen LogP contribution in [0.5, 0.6) is 5.75 Å². The fourth-order valence-corrected chi connectivity index (χ4v) is 4.93. The number of nitrogens with zero attached hydrogens (tertiary/aromatic N) is 3. The summed E-state index contributed by atoms with van der Waals surface area (Å²) in [4.78, 5) is 36.3. The highest BCUT2D eigenvalue weighted by Crippen LogP contribution is 2.24. The van der Waals surface area contributed by atoms with Crippen molar-refractivity contribution in [2.75, 3.05) is 6.54 Å². The number of carbonyl (C=O) groups is 2. The Labute approximate surface area is 223 Å². The largest absolute Gasteiger partial charge is 0.425 e. The van der Waals surface area contributed by atoms with Crippen LogP contribution in [0.1, 0.15) is 109 Å². The molecule has 6 heteroatoms. The lowest BCUT2D eigenvalue weighted by molar-refractivity contribution is -0.146. The molecule has 37 heavy (non-hydrogen) atoms. The van der Waals surface area contributed by atoms with Crippen molar-refractivity contribution in [1.29, 1.82) is 0 Å². The quantitative estimate of drug-likeness (QED) is 0.135. The first-order valence-electron chi connectivity index (χ1n) is 14.5. The van der Waals surface area contributed by atoms with E-state index in [-0.39, 0.29) is 11.9 Å². The molecule has 1 amide bonds. The van der Waals surface area contributed by atoms with E-state index in [1.54, 1.807) is 17.0 Å². The fraction of sp³-hybridized carbons (Fsp3) is 0.613. The fourth-order valence-electron chi connectivity index (χ4n) is 4.93. The van der Waals surface area contributed by atoms with Crippen molar-refractivity contribution in [1.82, 2.24) is 14.9 Å². The molecule has 1 saturated heterocycles. The van der Waals surface area contributed by atoms with Crippen molar-refractivity contribution in [3.8, 4) is 17.1 Å². The van der Waals surface area contributed by atoms with E-state index in [9.17, 15) is 9.59 Å². The van der Waals surface area contributed by atoms with E-state index in [1.807, 2.05) is 24.5 Å². The molecular formula is C31H45N3O3. The standard InChI is InChI=1S/C31H45N3O3/c1-3-5-7-9-11-12-15-25-23-32-30(33-24-25)26-18-20-27(21-19-26)37-31(36)28-16-14-22-34(28)29(35)17-13-10-8-6-4-2/h18-21,23-24,28H,3-17,22H2,1-2H3/t28-/m0/s1. The Morgan fingerprint density at radius 1 is 0.865 bits per heavy atom. The minimum Gasteiger partial charge on any atom is -0.425 e. The number of esters is 1. The molecule has 6 nitrogen and oxygen atoms in total. The van der Waals surface area contributed by atoms with Gasteiger partial charge < -0.3 is 9.64 Å². The third-order valence-corrected chi connectivity index (χ3v) is 7.19. The number of hydrogen-bond donors (Lipinski definition) is 0. The molecule has 1 aliphatic heterocycles. The van der Waals surface area contributed by atoms with E-state index in [0.29, 0.717) is 31.0 Å². The van der Waals surface area contributed by atoms with Crippen LogP contribution < -0.4 is 4.74 Å². The van der Waals surface area contributed by atoms with E-state index in [4.69, 9.17) is 4.74 Å². The van der Waals surface area contributed by atoms with Crippen LogP contribution in [0.2, 0.25) is 0 Å². The zero-order valence-electron chi connectivity index (χ0n) is 22.9. The van der Waals surface area contributed by atoms with Gasteiger partial charge in [0, 0.05) is 30.9 Å². The molecule has 1 aliphatic rings. The van der Waals surface area contributed by atoms with E-state index < -0.39 is 6.04 Å². The van der Waals surface area contributed by atoms with Crippen molar-refractivity contribution in [3.05, 3.63) is 42.2 Å². The number of carbonyl (C=O) groups excluding carboxylic acids is 2. The number of likely N-dealkylation sites (tertiary alicyclic amines) is 1. The summed E-state index contributed by atoms with van der Waals surface area (Å²) in [6, 6.07) is 6.81. The van der Waals surface area contributed by atoms with Crippen molar-refractivity contribution in [3.63, 3.8) is 0 Å². The second-order valence-corrected chi connectivity index (χ2v) is 10.3. The molecule has 0 radical (unpaired) electrons. The molecule has 3 rings (SSSR count). The summed E-state index contributed by atoms with van der Waals surface area (Å²) in [7, 11) is 0. The van der Waals surface area contributed by atoms with Gasteiger partial charge >= 0.3 is 5.97 Å². The van der Waals surface area contributed by atoms with E-state index in [0.717, 1.165) is 31.2 Å². The van der Waals surface area contributed by atoms with Gasteiger partial charge in [-0.1, -0.05) is 71.6 Å². The Balaban J connectivity index is 1.46. The van der Waals surface area contributed by atoms with E-state index >= 15 is 0 Å². The lowest BCUT2D eigenvalue weighted by atomic mass is 10.1. The topological polar surface area (TPSA) is 72.4 Å². The molecule has 1 aromatic carbocycles.